The molecule has 2 aromatic rings. The smallest absolute Gasteiger partial charge is 0.267 e. The maximum absolute atomic E-state index is 12.7. The molecule has 1 aromatic heterocycles. The van der Waals surface area contributed by atoms with Gasteiger partial charge in [-0.3, -0.25) is 9.59 Å². The van der Waals surface area contributed by atoms with Gasteiger partial charge >= 0.3 is 0 Å². The number of fused-ring (bicyclic) bond motifs is 1. The predicted octanol–water partition coefficient (Wildman–Crippen LogP) is 2.18. The second-order valence-electron chi connectivity index (χ2n) is 6.41. The maximum Gasteiger partial charge on any atom is 0.267 e. The molecule has 1 atom stereocenters. The summed E-state index contributed by atoms with van der Waals surface area (Å²) in [6.45, 7) is 4.25. The van der Waals surface area contributed by atoms with Gasteiger partial charge in [0.15, 0.2) is 11.5 Å². The highest BCUT2D eigenvalue weighted by atomic mass is 32.1. The van der Waals surface area contributed by atoms with Crippen LogP contribution in [0.3, 0.4) is 0 Å². The van der Waals surface area contributed by atoms with E-state index in [2.05, 4.69) is 0 Å². The van der Waals surface area contributed by atoms with E-state index < -0.39 is 6.10 Å². The van der Waals surface area contributed by atoms with Crippen molar-refractivity contribution in [1.82, 2.24) is 9.80 Å². The van der Waals surface area contributed by atoms with Gasteiger partial charge in [0.25, 0.3) is 11.8 Å². The number of hydrogen-bond acceptors (Lipinski definition) is 5. The van der Waals surface area contributed by atoms with Crippen molar-refractivity contribution >= 4 is 23.2 Å². The van der Waals surface area contributed by atoms with Crippen molar-refractivity contribution in [2.75, 3.05) is 32.8 Å². The Hall–Kier alpha value is -2.54. The number of thiophene rings is 1. The minimum atomic E-state index is -0.633. The summed E-state index contributed by atoms with van der Waals surface area (Å²) >= 11 is 1.47. The SMILES string of the molecule is Cc1ccsc1C(=O)N1CCN(C(=O)[C@H]2COc3ccccc3O2)CC1. The molecule has 2 aliphatic rings. The number of piperazine rings is 1. The molecule has 0 saturated carbocycles. The van der Waals surface area contributed by atoms with Gasteiger partial charge < -0.3 is 19.3 Å². The van der Waals surface area contributed by atoms with Crippen LogP contribution in [0.1, 0.15) is 15.2 Å². The Morgan fingerprint density at radius 1 is 1.04 bits per heavy atom. The van der Waals surface area contributed by atoms with Crippen LogP contribution in [0.5, 0.6) is 11.5 Å². The van der Waals surface area contributed by atoms with E-state index in [-0.39, 0.29) is 18.4 Å². The van der Waals surface area contributed by atoms with Gasteiger partial charge in [0.1, 0.15) is 6.61 Å². The van der Waals surface area contributed by atoms with Crippen molar-refractivity contribution < 1.29 is 19.1 Å². The van der Waals surface area contributed by atoms with E-state index in [1.807, 2.05) is 41.5 Å². The van der Waals surface area contributed by atoms with Gasteiger partial charge in [0.2, 0.25) is 6.10 Å². The summed E-state index contributed by atoms with van der Waals surface area (Å²) in [5.74, 6) is 1.23. The minimum Gasteiger partial charge on any atom is -0.485 e. The van der Waals surface area contributed by atoms with Crippen LogP contribution in [0.2, 0.25) is 0 Å². The van der Waals surface area contributed by atoms with E-state index in [0.29, 0.717) is 37.7 Å². The summed E-state index contributed by atoms with van der Waals surface area (Å²) in [5.41, 5.74) is 1.00. The van der Waals surface area contributed by atoms with E-state index >= 15 is 0 Å². The topological polar surface area (TPSA) is 59.1 Å². The third kappa shape index (κ3) is 3.14. The lowest BCUT2D eigenvalue weighted by Gasteiger charge is -2.37. The first kappa shape index (κ1) is 16.9. The fourth-order valence-corrected chi connectivity index (χ4v) is 4.10. The molecule has 6 nitrogen and oxygen atoms in total. The molecular weight excluding hydrogens is 352 g/mol. The molecule has 0 spiro atoms. The summed E-state index contributed by atoms with van der Waals surface area (Å²) in [5, 5.41) is 1.93. The number of carbonyl (C=O) groups is 2. The Morgan fingerprint density at radius 3 is 2.42 bits per heavy atom. The Morgan fingerprint density at radius 2 is 1.73 bits per heavy atom. The molecule has 0 aliphatic carbocycles. The minimum absolute atomic E-state index is 0.0516. The molecule has 0 unspecified atom stereocenters. The number of hydrogen-bond donors (Lipinski definition) is 0. The van der Waals surface area contributed by atoms with Crippen LogP contribution in [0.4, 0.5) is 0 Å². The van der Waals surface area contributed by atoms with E-state index in [1.54, 1.807) is 11.0 Å². The molecule has 0 N–H and O–H groups in total. The number of benzene rings is 1. The summed E-state index contributed by atoms with van der Waals surface area (Å²) < 4.78 is 11.4. The van der Waals surface area contributed by atoms with E-state index in [9.17, 15) is 9.59 Å². The lowest BCUT2D eigenvalue weighted by molar-refractivity contribution is -0.142. The second-order valence-corrected chi connectivity index (χ2v) is 7.33. The van der Waals surface area contributed by atoms with Gasteiger partial charge in [0, 0.05) is 26.2 Å². The number of aryl methyl sites for hydroxylation is 1. The molecule has 0 radical (unpaired) electrons. The van der Waals surface area contributed by atoms with Crippen molar-refractivity contribution in [3.8, 4) is 11.5 Å². The Kier molecular flexibility index (Phi) is 4.55. The third-order valence-electron chi connectivity index (χ3n) is 4.72. The van der Waals surface area contributed by atoms with Gasteiger partial charge in [-0.2, -0.15) is 0 Å². The summed E-state index contributed by atoms with van der Waals surface area (Å²) in [6.07, 6.45) is -0.633. The highest BCUT2D eigenvalue weighted by Gasteiger charge is 2.33. The highest BCUT2D eigenvalue weighted by Crippen LogP contribution is 2.31. The van der Waals surface area contributed by atoms with Crippen LogP contribution in [0.25, 0.3) is 0 Å². The Bertz CT molecular complexity index is 826. The van der Waals surface area contributed by atoms with Gasteiger partial charge in [-0.05, 0) is 36.1 Å². The standard InChI is InChI=1S/C19H20N2O4S/c1-13-6-11-26-17(13)19(23)21-9-7-20(8-10-21)18(22)16-12-24-14-4-2-3-5-15(14)25-16/h2-6,11,16H,7-10,12H2,1H3/t16-/m1/s1. The van der Waals surface area contributed by atoms with E-state index in [4.69, 9.17) is 9.47 Å². The number of para-hydroxylation sites is 2. The van der Waals surface area contributed by atoms with Crippen molar-refractivity contribution in [3.63, 3.8) is 0 Å². The molecule has 0 bridgehead atoms. The first-order chi connectivity index (χ1) is 12.6. The number of carbonyl (C=O) groups excluding carboxylic acids is 2. The molecular formula is C19H20N2O4S. The van der Waals surface area contributed by atoms with Gasteiger partial charge in [0.05, 0.1) is 4.88 Å². The normalized spacial score (nSPS) is 19.3. The monoisotopic (exact) mass is 372 g/mol. The highest BCUT2D eigenvalue weighted by molar-refractivity contribution is 7.12. The zero-order valence-corrected chi connectivity index (χ0v) is 15.3. The zero-order valence-electron chi connectivity index (χ0n) is 14.5. The lowest BCUT2D eigenvalue weighted by atomic mass is 10.2. The lowest BCUT2D eigenvalue weighted by Crippen LogP contribution is -2.55. The van der Waals surface area contributed by atoms with Crippen LogP contribution >= 0.6 is 11.3 Å². The molecule has 4 rings (SSSR count). The van der Waals surface area contributed by atoms with Crippen LogP contribution in [0.15, 0.2) is 35.7 Å². The largest absolute Gasteiger partial charge is 0.485 e. The fourth-order valence-electron chi connectivity index (χ4n) is 3.21. The van der Waals surface area contributed by atoms with Crippen LogP contribution in [0, 0.1) is 6.92 Å². The van der Waals surface area contributed by atoms with Crippen molar-refractivity contribution in [3.05, 3.63) is 46.2 Å². The first-order valence-corrected chi connectivity index (χ1v) is 9.52. The maximum atomic E-state index is 12.7. The van der Waals surface area contributed by atoms with Crippen LogP contribution < -0.4 is 9.47 Å². The molecule has 1 saturated heterocycles. The number of rotatable bonds is 2. The molecule has 2 aliphatic heterocycles. The third-order valence-corrected chi connectivity index (χ3v) is 5.72. The number of nitrogens with zero attached hydrogens (tertiary/aromatic N) is 2. The van der Waals surface area contributed by atoms with Crippen LogP contribution in [-0.4, -0.2) is 60.5 Å². The molecule has 7 heteroatoms. The molecule has 2 amide bonds. The quantitative estimate of drug-likeness (QED) is 0.811. The molecule has 1 fully saturated rings. The Labute approximate surface area is 155 Å². The van der Waals surface area contributed by atoms with Gasteiger partial charge in [-0.15, -0.1) is 11.3 Å². The first-order valence-electron chi connectivity index (χ1n) is 8.64. The predicted molar refractivity (Wildman–Crippen MR) is 97.9 cm³/mol. The molecule has 136 valence electrons. The van der Waals surface area contributed by atoms with Crippen molar-refractivity contribution in [2.24, 2.45) is 0 Å². The Balaban J connectivity index is 1.36. The van der Waals surface area contributed by atoms with Gasteiger partial charge in [-0.25, -0.2) is 0 Å². The summed E-state index contributed by atoms with van der Waals surface area (Å²) in [4.78, 5) is 29.7. The second kappa shape index (κ2) is 6.99. The summed E-state index contributed by atoms with van der Waals surface area (Å²) in [7, 11) is 0. The van der Waals surface area contributed by atoms with E-state index in [0.717, 1.165) is 10.4 Å². The van der Waals surface area contributed by atoms with E-state index in [1.165, 1.54) is 11.3 Å². The molecule has 26 heavy (non-hydrogen) atoms. The number of amides is 2. The molecule has 3 heterocycles. The van der Waals surface area contributed by atoms with Crippen LogP contribution in [-0.2, 0) is 4.79 Å². The summed E-state index contributed by atoms with van der Waals surface area (Å²) in [6, 6.07) is 9.31. The zero-order chi connectivity index (χ0) is 18.1. The van der Waals surface area contributed by atoms with Gasteiger partial charge in [-0.1, -0.05) is 12.1 Å². The average Bonchev–Trinajstić information content (AvgIpc) is 3.12. The fraction of sp³-hybridized carbons (Fsp3) is 0.368. The average molecular weight is 372 g/mol. The van der Waals surface area contributed by atoms with Crippen molar-refractivity contribution in [1.29, 1.82) is 0 Å². The molecule has 1 aromatic carbocycles. The number of ether oxygens (including phenoxy) is 2. The van der Waals surface area contributed by atoms with Crippen molar-refractivity contribution in [2.45, 2.75) is 13.0 Å².